The molecule has 4 nitrogen and oxygen atoms in total. The van der Waals surface area contributed by atoms with Gasteiger partial charge in [0.25, 0.3) is 0 Å². The highest BCUT2D eigenvalue weighted by molar-refractivity contribution is 5.77. The van der Waals surface area contributed by atoms with Crippen LogP contribution in [-0.4, -0.2) is 18.0 Å². The average molecular weight is 338 g/mol. The maximum absolute atomic E-state index is 13.6. The molecular formula is C19H27FO4. The van der Waals surface area contributed by atoms with E-state index in [2.05, 4.69) is 0 Å². The highest BCUT2D eigenvalue weighted by Gasteiger charge is 2.20. The van der Waals surface area contributed by atoms with Crippen molar-refractivity contribution in [2.75, 3.05) is 0 Å². The van der Waals surface area contributed by atoms with Crippen molar-refractivity contribution in [2.24, 2.45) is 5.92 Å². The Balaban J connectivity index is 2.43. The lowest BCUT2D eigenvalue weighted by Gasteiger charge is -2.20. The van der Waals surface area contributed by atoms with Crippen molar-refractivity contribution in [3.05, 3.63) is 35.6 Å². The van der Waals surface area contributed by atoms with Gasteiger partial charge in [0.05, 0.1) is 12.8 Å². The lowest BCUT2D eigenvalue weighted by atomic mass is 10.0. The Morgan fingerprint density at radius 3 is 2.17 bits per heavy atom. The predicted octanol–water partition coefficient (Wildman–Crippen LogP) is 4.58. The molecule has 0 aliphatic heterocycles. The molecule has 0 aliphatic carbocycles. The molecule has 24 heavy (non-hydrogen) atoms. The highest BCUT2D eigenvalue weighted by Crippen LogP contribution is 2.21. The Bertz CT molecular complexity index is 542. The van der Waals surface area contributed by atoms with Crippen LogP contribution in [0.3, 0.4) is 0 Å². The van der Waals surface area contributed by atoms with Gasteiger partial charge in [-0.25, -0.2) is 4.39 Å². The number of hydrogen-bond donors (Lipinski definition) is 0. The molecule has 1 aromatic carbocycles. The maximum atomic E-state index is 13.6. The summed E-state index contributed by atoms with van der Waals surface area (Å²) in [6, 6.07) is 6.14. The second-order valence-corrected chi connectivity index (χ2v) is 6.21. The van der Waals surface area contributed by atoms with Gasteiger partial charge in [-0.05, 0) is 25.3 Å². The van der Waals surface area contributed by atoms with E-state index < -0.39 is 23.9 Å². The third kappa shape index (κ3) is 6.69. The summed E-state index contributed by atoms with van der Waals surface area (Å²) in [5.74, 6) is -1.13. The van der Waals surface area contributed by atoms with Crippen LogP contribution in [0.1, 0.15) is 65.0 Å². The Labute approximate surface area is 143 Å². The van der Waals surface area contributed by atoms with E-state index in [0.29, 0.717) is 5.56 Å². The van der Waals surface area contributed by atoms with E-state index in [4.69, 9.17) is 9.47 Å². The number of carbonyl (C=O) groups is 2. The van der Waals surface area contributed by atoms with Crippen LogP contribution in [0.4, 0.5) is 4.39 Å². The van der Waals surface area contributed by atoms with Crippen molar-refractivity contribution in [3.63, 3.8) is 0 Å². The average Bonchev–Trinajstić information content (AvgIpc) is 2.52. The zero-order valence-corrected chi connectivity index (χ0v) is 14.9. The Morgan fingerprint density at radius 1 is 1.04 bits per heavy atom. The van der Waals surface area contributed by atoms with E-state index in [1.54, 1.807) is 25.1 Å². The first-order valence-electron chi connectivity index (χ1n) is 8.48. The molecule has 2 unspecified atom stereocenters. The molecule has 0 aliphatic rings. The molecule has 0 heterocycles. The van der Waals surface area contributed by atoms with Crippen LogP contribution in [0.5, 0.6) is 0 Å². The standard InChI is InChI=1S/C19H27FO4/c1-5-8-17(13(2)3)24-19(22)12-11-18(21)23-14(4)15-9-6-7-10-16(15)20/h6-7,9-10,13-14,17H,5,8,11-12H2,1-4H3. The van der Waals surface area contributed by atoms with E-state index in [1.165, 1.54) is 6.07 Å². The summed E-state index contributed by atoms with van der Waals surface area (Å²) in [6.45, 7) is 7.63. The van der Waals surface area contributed by atoms with Crippen LogP contribution >= 0.6 is 0 Å². The number of ether oxygens (including phenoxy) is 2. The first kappa shape index (κ1) is 20.1. The third-order valence-corrected chi connectivity index (χ3v) is 3.78. The molecule has 5 heteroatoms. The monoisotopic (exact) mass is 338 g/mol. The zero-order valence-electron chi connectivity index (χ0n) is 14.9. The van der Waals surface area contributed by atoms with Gasteiger partial charge in [-0.3, -0.25) is 9.59 Å². The summed E-state index contributed by atoms with van der Waals surface area (Å²) in [7, 11) is 0. The van der Waals surface area contributed by atoms with Crippen molar-refractivity contribution in [1.82, 2.24) is 0 Å². The van der Waals surface area contributed by atoms with Gasteiger partial charge in [-0.15, -0.1) is 0 Å². The Hall–Kier alpha value is -1.91. The minimum atomic E-state index is -0.696. The molecule has 0 amide bonds. The molecule has 0 bridgehead atoms. The molecule has 2 atom stereocenters. The fourth-order valence-corrected chi connectivity index (χ4v) is 2.37. The van der Waals surface area contributed by atoms with Crippen LogP contribution in [0.25, 0.3) is 0 Å². The van der Waals surface area contributed by atoms with Crippen LogP contribution < -0.4 is 0 Å². The van der Waals surface area contributed by atoms with Gasteiger partial charge >= 0.3 is 11.9 Å². The fraction of sp³-hybridized carbons (Fsp3) is 0.579. The molecule has 0 spiro atoms. The first-order chi connectivity index (χ1) is 11.3. The van der Waals surface area contributed by atoms with E-state index >= 15 is 0 Å². The van der Waals surface area contributed by atoms with Crippen molar-refractivity contribution >= 4 is 11.9 Å². The molecule has 0 saturated carbocycles. The smallest absolute Gasteiger partial charge is 0.306 e. The normalized spacial score (nSPS) is 13.4. The molecule has 134 valence electrons. The predicted molar refractivity (Wildman–Crippen MR) is 89.8 cm³/mol. The van der Waals surface area contributed by atoms with E-state index in [-0.39, 0.29) is 24.9 Å². The van der Waals surface area contributed by atoms with Crippen LogP contribution in [0.2, 0.25) is 0 Å². The van der Waals surface area contributed by atoms with E-state index in [0.717, 1.165) is 12.8 Å². The van der Waals surface area contributed by atoms with Crippen molar-refractivity contribution in [3.8, 4) is 0 Å². The molecule has 0 radical (unpaired) electrons. The van der Waals surface area contributed by atoms with Gasteiger partial charge in [0.1, 0.15) is 18.0 Å². The van der Waals surface area contributed by atoms with Gasteiger partial charge in [0, 0.05) is 5.56 Å². The van der Waals surface area contributed by atoms with Crippen molar-refractivity contribution < 1.29 is 23.5 Å². The maximum Gasteiger partial charge on any atom is 0.306 e. The topological polar surface area (TPSA) is 52.6 Å². The van der Waals surface area contributed by atoms with Crippen LogP contribution in [0.15, 0.2) is 24.3 Å². The summed E-state index contributed by atoms with van der Waals surface area (Å²) < 4.78 is 24.2. The van der Waals surface area contributed by atoms with Crippen molar-refractivity contribution in [2.45, 2.75) is 65.6 Å². The van der Waals surface area contributed by atoms with Gasteiger partial charge < -0.3 is 9.47 Å². The summed E-state index contributed by atoms with van der Waals surface area (Å²) in [5.41, 5.74) is 0.316. The quantitative estimate of drug-likeness (QED) is 0.619. The first-order valence-corrected chi connectivity index (χ1v) is 8.48. The summed E-state index contributed by atoms with van der Waals surface area (Å²) in [4.78, 5) is 23.7. The Kier molecular flexibility index (Phi) is 8.44. The van der Waals surface area contributed by atoms with Gasteiger partial charge in [0.2, 0.25) is 0 Å². The fourth-order valence-electron chi connectivity index (χ4n) is 2.37. The van der Waals surface area contributed by atoms with Gasteiger partial charge in [-0.2, -0.15) is 0 Å². The minimum Gasteiger partial charge on any atom is -0.462 e. The molecule has 1 rings (SSSR count). The van der Waals surface area contributed by atoms with Crippen LogP contribution in [-0.2, 0) is 19.1 Å². The van der Waals surface area contributed by atoms with Gasteiger partial charge in [-0.1, -0.05) is 45.4 Å². The molecule has 0 N–H and O–H groups in total. The summed E-state index contributed by atoms with van der Waals surface area (Å²) in [6.07, 6.45) is 0.801. The number of hydrogen-bond acceptors (Lipinski definition) is 4. The van der Waals surface area contributed by atoms with E-state index in [9.17, 15) is 14.0 Å². The Morgan fingerprint density at radius 2 is 1.62 bits per heavy atom. The highest BCUT2D eigenvalue weighted by atomic mass is 19.1. The number of carbonyl (C=O) groups excluding carboxylic acids is 2. The second-order valence-electron chi connectivity index (χ2n) is 6.21. The largest absolute Gasteiger partial charge is 0.462 e. The molecule has 0 saturated heterocycles. The summed E-state index contributed by atoms with van der Waals surface area (Å²) in [5, 5.41) is 0. The number of esters is 2. The van der Waals surface area contributed by atoms with Crippen molar-refractivity contribution in [1.29, 1.82) is 0 Å². The lowest BCUT2D eigenvalue weighted by molar-refractivity contribution is -0.157. The molecule has 0 aromatic heterocycles. The zero-order chi connectivity index (χ0) is 18.1. The molecular weight excluding hydrogens is 311 g/mol. The SMILES string of the molecule is CCCC(OC(=O)CCC(=O)OC(C)c1ccccc1F)C(C)C. The number of rotatable bonds is 9. The number of halogens is 1. The minimum absolute atomic E-state index is 0.0320. The molecule has 1 aromatic rings. The summed E-state index contributed by atoms with van der Waals surface area (Å²) >= 11 is 0. The van der Waals surface area contributed by atoms with Gasteiger partial charge in [0.15, 0.2) is 0 Å². The third-order valence-electron chi connectivity index (χ3n) is 3.78. The number of benzene rings is 1. The molecule has 0 fully saturated rings. The van der Waals surface area contributed by atoms with E-state index in [1.807, 2.05) is 20.8 Å². The lowest BCUT2D eigenvalue weighted by Crippen LogP contribution is -2.24. The second kappa shape index (κ2) is 10.1. The van der Waals surface area contributed by atoms with Crippen LogP contribution in [0, 0.1) is 11.7 Å².